The zero-order valence-corrected chi connectivity index (χ0v) is 16.1. The summed E-state index contributed by atoms with van der Waals surface area (Å²) in [5.74, 6) is -0.757. The summed E-state index contributed by atoms with van der Waals surface area (Å²) in [6.07, 6.45) is 7.02. The lowest BCUT2D eigenvalue weighted by molar-refractivity contribution is -0.121. The SMILES string of the molecule is O=C(CCC(=O)c1ccccc1)NNC(=O)c1cc2c(s1)CCCCCC2. The van der Waals surface area contributed by atoms with Crippen molar-refractivity contribution in [2.45, 2.75) is 51.4 Å². The average Bonchev–Trinajstić information content (AvgIpc) is 3.07. The molecule has 2 aromatic rings. The Morgan fingerprint density at radius 3 is 2.41 bits per heavy atom. The molecule has 27 heavy (non-hydrogen) atoms. The maximum atomic E-state index is 12.3. The van der Waals surface area contributed by atoms with Crippen LogP contribution in [0.1, 0.15) is 69.0 Å². The minimum absolute atomic E-state index is 0.0367. The van der Waals surface area contributed by atoms with E-state index < -0.39 is 0 Å². The molecule has 0 unspecified atom stereocenters. The Hall–Kier alpha value is -2.47. The molecule has 1 aromatic carbocycles. The minimum Gasteiger partial charge on any atom is -0.294 e. The molecule has 3 rings (SSSR count). The molecule has 1 heterocycles. The van der Waals surface area contributed by atoms with E-state index >= 15 is 0 Å². The summed E-state index contributed by atoms with van der Waals surface area (Å²) in [6, 6.07) is 10.8. The monoisotopic (exact) mass is 384 g/mol. The maximum absolute atomic E-state index is 12.3. The first kappa shape index (κ1) is 19.3. The van der Waals surface area contributed by atoms with Crippen molar-refractivity contribution in [1.82, 2.24) is 10.9 Å². The quantitative estimate of drug-likeness (QED) is 0.608. The molecule has 0 aliphatic heterocycles. The van der Waals surface area contributed by atoms with E-state index in [0.29, 0.717) is 10.4 Å². The molecule has 1 aliphatic carbocycles. The summed E-state index contributed by atoms with van der Waals surface area (Å²) in [6.45, 7) is 0. The van der Waals surface area contributed by atoms with Gasteiger partial charge in [0, 0.05) is 23.3 Å². The van der Waals surface area contributed by atoms with Crippen molar-refractivity contribution in [3.8, 4) is 0 Å². The van der Waals surface area contributed by atoms with Crippen LogP contribution in [-0.4, -0.2) is 17.6 Å². The number of ketones is 1. The van der Waals surface area contributed by atoms with E-state index in [1.165, 1.54) is 41.0 Å². The number of fused-ring (bicyclic) bond motifs is 1. The Morgan fingerprint density at radius 1 is 0.889 bits per heavy atom. The molecule has 0 fully saturated rings. The molecule has 5 nitrogen and oxygen atoms in total. The fourth-order valence-electron chi connectivity index (χ4n) is 3.20. The molecule has 0 bridgehead atoms. The molecular weight excluding hydrogens is 360 g/mol. The predicted molar refractivity (Wildman–Crippen MR) is 106 cm³/mol. The second kappa shape index (κ2) is 9.46. The molecule has 1 aliphatic rings. The highest BCUT2D eigenvalue weighted by atomic mass is 32.1. The molecule has 142 valence electrons. The van der Waals surface area contributed by atoms with Gasteiger partial charge in [-0.05, 0) is 37.3 Å². The number of amides is 2. The zero-order chi connectivity index (χ0) is 19.1. The molecule has 2 amide bonds. The zero-order valence-electron chi connectivity index (χ0n) is 15.3. The Morgan fingerprint density at radius 2 is 1.63 bits per heavy atom. The Balaban J connectivity index is 1.46. The summed E-state index contributed by atoms with van der Waals surface area (Å²) in [4.78, 5) is 38.2. The second-order valence-electron chi connectivity index (χ2n) is 6.76. The molecular formula is C21H24N2O3S. The molecule has 2 N–H and O–H groups in total. The van der Waals surface area contributed by atoms with Gasteiger partial charge in [0.15, 0.2) is 5.78 Å². The molecule has 0 saturated heterocycles. The van der Waals surface area contributed by atoms with Gasteiger partial charge in [0.05, 0.1) is 4.88 Å². The van der Waals surface area contributed by atoms with Crippen molar-refractivity contribution in [2.24, 2.45) is 0 Å². The van der Waals surface area contributed by atoms with Crippen molar-refractivity contribution < 1.29 is 14.4 Å². The highest BCUT2D eigenvalue weighted by molar-refractivity contribution is 7.14. The number of Topliss-reactive ketones (excluding diaryl/α,β-unsaturated/α-hetero) is 1. The highest BCUT2D eigenvalue weighted by Gasteiger charge is 2.16. The predicted octanol–water partition coefficient (Wildman–Crippen LogP) is 3.83. The lowest BCUT2D eigenvalue weighted by atomic mass is 10.00. The maximum Gasteiger partial charge on any atom is 0.279 e. The van der Waals surface area contributed by atoms with E-state index in [1.807, 2.05) is 12.1 Å². The van der Waals surface area contributed by atoms with Crippen LogP contribution < -0.4 is 10.9 Å². The third kappa shape index (κ3) is 5.50. The fourth-order valence-corrected chi connectivity index (χ4v) is 4.35. The van der Waals surface area contributed by atoms with Gasteiger partial charge in [0.2, 0.25) is 5.91 Å². The number of hydrogen-bond donors (Lipinski definition) is 2. The summed E-state index contributed by atoms with van der Waals surface area (Å²) in [7, 11) is 0. The lowest BCUT2D eigenvalue weighted by Crippen LogP contribution is -2.41. The van der Waals surface area contributed by atoms with Crippen LogP contribution in [0.2, 0.25) is 0 Å². The third-order valence-corrected chi connectivity index (χ3v) is 5.95. The third-order valence-electron chi connectivity index (χ3n) is 4.71. The lowest BCUT2D eigenvalue weighted by Gasteiger charge is -2.07. The number of hydrazine groups is 1. The number of rotatable bonds is 5. The van der Waals surface area contributed by atoms with Crippen molar-refractivity contribution in [2.75, 3.05) is 0 Å². The van der Waals surface area contributed by atoms with Gasteiger partial charge >= 0.3 is 0 Å². The highest BCUT2D eigenvalue weighted by Crippen LogP contribution is 2.28. The topological polar surface area (TPSA) is 75.3 Å². The van der Waals surface area contributed by atoms with Crippen LogP contribution in [0, 0.1) is 0 Å². The van der Waals surface area contributed by atoms with E-state index in [1.54, 1.807) is 24.3 Å². The number of hydrogen-bond acceptors (Lipinski definition) is 4. The van der Waals surface area contributed by atoms with Crippen LogP contribution in [-0.2, 0) is 17.6 Å². The first-order valence-electron chi connectivity index (χ1n) is 9.42. The Kier molecular flexibility index (Phi) is 6.76. The molecule has 1 aromatic heterocycles. The minimum atomic E-state index is -0.373. The molecule has 0 spiro atoms. The first-order valence-corrected chi connectivity index (χ1v) is 10.2. The molecule has 0 radical (unpaired) electrons. The number of carbonyl (C=O) groups is 3. The number of aryl methyl sites for hydroxylation is 2. The largest absolute Gasteiger partial charge is 0.294 e. The van der Waals surface area contributed by atoms with Crippen LogP contribution in [0.25, 0.3) is 0 Å². The fraction of sp³-hybridized carbons (Fsp3) is 0.381. The Labute approximate surface area is 163 Å². The molecule has 0 saturated carbocycles. The van der Waals surface area contributed by atoms with Crippen LogP contribution >= 0.6 is 11.3 Å². The molecule has 0 atom stereocenters. The summed E-state index contributed by atoms with van der Waals surface area (Å²) in [5.41, 5.74) is 6.73. The van der Waals surface area contributed by atoms with Gasteiger partial charge in [-0.15, -0.1) is 11.3 Å². The first-order chi connectivity index (χ1) is 13.1. The van der Waals surface area contributed by atoms with E-state index in [-0.39, 0.29) is 30.4 Å². The Bertz CT molecular complexity index is 789. The summed E-state index contributed by atoms with van der Waals surface area (Å²) < 4.78 is 0. The average molecular weight is 385 g/mol. The van der Waals surface area contributed by atoms with E-state index in [4.69, 9.17) is 0 Å². The van der Waals surface area contributed by atoms with Crippen LogP contribution in [0.3, 0.4) is 0 Å². The number of benzene rings is 1. The van der Waals surface area contributed by atoms with E-state index in [2.05, 4.69) is 10.9 Å². The van der Waals surface area contributed by atoms with Crippen molar-refractivity contribution in [3.05, 3.63) is 57.3 Å². The molecule has 6 heteroatoms. The number of carbonyl (C=O) groups excluding carboxylic acids is 3. The normalized spacial score (nSPS) is 13.8. The van der Waals surface area contributed by atoms with E-state index in [9.17, 15) is 14.4 Å². The summed E-state index contributed by atoms with van der Waals surface area (Å²) >= 11 is 1.52. The van der Waals surface area contributed by atoms with Crippen molar-refractivity contribution in [1.29, 1.82) is 0 Å². The van der Waals surface area contributed by atoms with Gasteiger partial charge in [-0.3, -0.25) is 25.2 Å². The van der Waals surface area contributed by atoms with Gasteiger partial charge in [0.25, 0.3) is 5.91 Å². The summed E-state index contributed by atoms with van der Waals surface area (Å²) in [5, 5.41) is 0. The van der Waals surface area contributed by atoms with Crippen LogP contribution in [0.4, 0.5) is 0 Å². The van der Waals surface area contributed by atoms with Crippen LogP contribution in [0.5, 0.6) is 0 Å². The van der Waals surface area contributed by atoms with Crippen molar-refractivity contribution >= 4 is 28.9 Å². The smallest absolute Gasteiger partial charge is 0.279 e. The van der Waals surface area contributed by atoms with Gasteiger partial charge in [0.1, 0.15) is 0 Å². The van der Waals surface area contributed by atoms with Gasteiger partial charge in [-0.2, -0.15) is 0 Å². The van der Waals surface area contributed by atoms with Gasteiger partial charge in [-0.1, -0.05) is 43.2 Å². The standard InChI is InChI=1S/C21H24N2O3S/c24-17(15-8-5-3-6-9-15)12-13-20(25)22-23-21(26)19-14-16-10-4-1-2-7-11-18(16)27-19/h3,5-6,8-9,14H,1-2,4,7,10-13H2,(H,22,25)(H,23,26). The van der Waals surface area contributed by atoms with Crippen LogP contribution in [0.15, 0.2) is 36.4 Å². The number of nitrogens with one attached hydrogen (secondary N) is 2. The van der Waals surface area contributed by atoms with Gasteiger partial charge < -0.3 is 0 Å². The van der Waals surface area contributed by atoms with Gasteiger partial charge in [-0.25, -0.2) is 0 Å². The number of thiophene rings is 1. The van der Waals surface area contributed by atoms with E-state index in [0.717, 1.165) is 19.3 Å². The van der Waals surface area contributed by atoms with Crippen molar-refractivity contribution in [3.63, 3.8) is 0 Å². The second-order valence-corrected chi connectivity index (χ2v) is 7.90.